The Labute approximate surface area is 136 Å². The number of anilines is 1. The highest BCUT2D eigenvalue weighted by Crippen LogP contribution is 2.47. The molecule has 0 radical (unpaired) electrons. The van der Waals surface area contributed by atoms with Gasteiger partial charge in [-0.15, -0.1) is 0 Å². The van der Waals surface area contributed by atoms with E-state index in [9.17, 15) is 0 Å². The number of nitrogens with one attached hydrogen (secondary N) is 1. The molecule has 1 aliphatic carbocycles. The number of fused-ring (bicyclic) bond motifs is 1. The maximum Gasteiger partial charge on any atom is 0.0641 e. The van der Waals surface area contributed by atoms with Crippen LogP contribution in [-0.4, -0.2) is 0 Å². The molecule has 0 saturated carbocycles. The Kier molecular flexibility index (Phi) is 3.67. The molecule has 3 heteroatoms. The van der Waals surface area contributed by atoms with Gasteiger partial charge in [-0.25, -0.2) is 0 Å². The summed E-state index contributed by atoms with van der Waals surface area (Å²) < 4.78 is 0. The molecular weight excluding hydrogens is 301 g/mol. The average molecular weight is 320 g/mol. The summed E-state index contributed by atoms with van der Waals surface area (Å²) in [4.78, 5) is 0. The van der Waals surface area contributed by atoms with Crippen LogP contribution in [0, 0.1) is 12.3 Å². The van der Waals surface area contributed by atoms with Crippen LogP contribution in [0.4, 0.5) is 5.69 Å². The molecule has 0 fully saturated rings. The zero-order valence-electron chi connectivity index (χ0n) is 12.5. The van der Waals surface area contributed by atoms with Gasteiger partial charge in [0.15, 0.2) is 0 Å². The molecular formula is C18H19Cl2N. The molecule has 2 aromatic rings. The molecule has 2 aromatic carbocycles. The standard InChI is InChI=1S/C18H19Cl2N/c1-11-8-15(20)16(9-14(11)19)21-17-13-7-5-4-6-12(13)10-18(17,2)3/h4-9,17,21H,10H2,1-3H3. The number of rotatable bonds is 2. The molecule has 21 heavy (non-hydrogen) atoms. The lowest BCUT2D eigenvalue weighted by Crippen LogP contribution is -2.24. The van der Waals surface area contributed by atoms with Gasteiger partial charge < -0.3 is 5.32 Å². The van der Waals surface area contributed by atoms with Gasteiger partial charge in [-0.2, -0.15) is 0 Å². The van der Waals surface area contributed by atoms with E-state index in [0.717, 1.165) is 27.7 Å². The van der Waals surface area contributed by atoms with Crippen molar-refractivity contribution in [3.63, 3.8) is 0 Å². The minimum absolute atomic E-state index is 0.143. The van der Waals surface area contributed by atoms with Crippen LogP contribution in [0.3, 0.4) is 0 Å². The van der Waals surface area contributed by atoms with Gasteiger partial charge in [-0.05, 0) is 47.6 Å². The number of aryl methyl sites for hydroxylation is 1. The highest BCUT2D eigenvalue weighted by atomic mass is 35.5. The normalized spacial score (nSPS) is 19.4. The fourth-order valence-corrected chi connectivity index (χ4v) is 3.61. The summed E-state index contributed by atoms with van der Waals surface area (Å²) in [5, 5.41) is 5.07. The molecule has 1 nitrogen and oxygen atoms in total. The summed E-state index contributed by atoms with van der Waals surface area (Å²) in [5.41, 5.74) is 4.81. The van der Waals surface area contributed by atoms with Gasteiger partial charge in [0, 0.05) is 5.02 Å². The van der Waals surface area contributed by atoms with Crippen molar-refractivity contribution in [2.24, 2.45) is 5.41 Å². The number of hydrogen-bond acceptors (Lipinski definition) is 1. The third-order valence-electron chi connectivity index (χ3n) is 4.34. The van der Waals surface area contributed by atoms with Crippen LogP contribution >= 0.6 is 23.2 Å². The molecule has 0 heterocycles. The quantitative estimate of drug-likeness (QED) is 0.711. The molecule has 1 aliphatic rings. The molecule has 0 bridgehead atoms. The third-order valence-corrected chi connectivity index (χ3v) is 5.06. The van der Waals surface area contributed by atoms with Gasteiger partial charge in [0.05, 0.1) is 16.8 Å². The van der Waals surface area contributed by atoms with Gasteiger partial charge >= 0.3 is 0 Å². The zero-order chi connectivity index (χ0) is 15.2. The number of hydrogen-bond donors (Lipinski definition) is 1. The van der Waals surface area contributed by atoms with Crippen LogP contribution in [0.25, 0.3) is 0 Å². The minimum atomic E-state index is 0.143. The van der Waals surface area contributed by atoms with Crippen molar-refractivity contribution < 1.29 is 0 Å². The second-order valence-electron chi connectivity index (χ2n) is 6.52. The van der Waals surface area contributed by atoms with Crippen molar-refractivity contribution in [1.29, 1.82) is 0 Å². The fraction of sp³-hybridized carbons (Fsp3) is 0.333. The number of benzene rings is 2. The van der Waals surface area contributed by atoms with Gasteiger partial charge in [-0.1, -0.05) is 61.3 Å². The molecule has 110 valence electrons. The Morgan fingerprint density at radius 1 is 1.10 bits per heavy atom. The second kappa shape index (κ2) is 5.23. The smallest absolute Gasteiger partial charge is 0.0641 e. The summed E-state index contributed by atoms with van der Waals surface area (Å²) in [7, 11) is 0. The molecule has 0 aliphatic heterocycles. The average Bonchev–Trinajstić information content (AvgIpc) is 2.67. The van der Waals surface area contributed by atoms with Gasteiger partial charge in [0.1, 0.15) is 0 Å². The van der Waals surface area contributed by atoms with E-state index in [2.05, 4.69) is 43.4 Å². The first-order chi connectivity index (χ1) is 9.88. The lowest BCUT2D eigenvalue weighted by molar-refractivity contribution is 0.337. The largest absolute Gasteiger partial charge is 0.376 e. The van der Waals surface area contributed by atoms with Crippen molar-refractivity contribution in [2.45, 2.75) is 33.2 Å². The Bertz CT molecular complexity index is 692. The molecule has 1 N–H and O–H groups in total. The van der Waals surface area contributed by atoms with Crippen molar-refractivity contribution >= 4 is 28.9 Å². The Morgan fingerprint density at radius 2 is 1.81 bits per heavy atom. The summed E-state index contributed by atoms with van der Waals surface area (Å²) in [5.74, 6) is 0. The van der Waals surface area contributed by atoms with Crippen LogP contribution in [0.2, 0.25) is 10.0 Å². The molecule has 1 atom stereocenters. The fourth-order valence-electron chi connectivity index (χ4n) is 3.18. The van der Waals surface area contributed by atoms with Crippen molar-refractivity contribution in [1.82, 2.24) is 0 Å². The maximum atomic E-state index is 6.38. The maximum absolute atomic E-state index is 6.38. The van der Waals surface area contributed by atoms with Gasteiger partial charge in [-0.3, -0.25) is 0 Å². The Morgan fingerprint density at radius 3 is 2.57 bits per heavy atom. The van der Waals surface area contributed by atoms with E-state index in [1.807, 2.05) is 19.1 Å². The molecule has 0 spiro atoms. The number of halogens is 2. The summed E-state index contributed by atoms with van der Waals surface area (Å²) in [6, 6.07) is 12.7. The predicted molar refractivity (Wildman–Crippen MR) is 91.5 cm³/mol. The van der Waals surface area contributed by atoms with E-state index in [-0.39, 0.29) is 11.5 Å². The highest BCUT2D eigenvalue weighted by molar-refractivity contribution is 6.35. The Hall–Kier alpha value is -1.18. The molecule has 0 amide bonds. The lowest BCUT2D eigenvalue weighted by atomic mass is 9.85. The minimum Gasteiger partial charge on any atom is -0.376 e. The van der Waals surface area contributed by atoms with Crippen molar-refractivity contribution in [3.8, 4) is 0 Å². The van der Waals surface area contributed by atoms with Crippen LogP contribution in [0.15, 0.2) is 36.4 Å². The Balaban J connectivity index is 1.99. The first-order valence-electron chi connectivity index (χ1n) is 7.18. The first-order valence-corrected chi connectivity index (χ1v) is 7.94. The SMILES string of the molecule is Cc1cc(Cl)c(NC2c3ccccc3CC2(C)C)cc1Cl. The molecule has 0 aromatic heterocycles. The third kappa shape index (κ3) is 2.65. The second-order valence-corrected chi connectivity index (χ2v) is 7.34. The predicted octanol–water partition coefficient (Wildman–Crippen LogP) is 6.04. The van der Waals surface area contributed by atoms with Crippen LogP contribution < -0.4 is 5.32 Å². The van der Waals surface area contributed by atoms with Crippen molar-refractivity contribution in [3.05, 3.63) is 63.1 Å². The van der Waals surface area contributed by atoms with E-state index >= 15 is 0 Å². The highest BCUT2D eigenvalue weighted by Gasteiger charge is 2.38. The molecule has 1 unspecified atom stereocenters. The van der Waals surface area contributed by atoms with Crippen LogP contribution in [-0.2, 0) is 6.42 Å². The molecule has 0 saturated heterocycles. The van der Waals surface area contributed by atoms with E-state index < -0.39 is 0 Å². The molecule has 3 rings (SSSR count). The zero-order valence-corrected chi connectivity index (χ0v) is 14.0. The lowest BCUT2D eigenvalue weighted by Gasteiger charge is -2.30. The van der Waals surface area contributed by atoms with E-state index in [1.54, 1.807) is 0 Å². The van der Waals surface area contributed by atoms with Crippen molar-refractivity contribution in [2.75, 3.05) is 5.32 Å². The summed E-state index contributed by atoms with van der Waals surface area (Å²) in [6.45, 7) is 6.54. The summed E-state index contributed by atoms with van der Waals surface area (Å²) >= 11 is 12.6. The first kappa shape index (κ1) is 14.7. The van der Waals surface area contributed by atoms with E-state index in [4.69, 9.17) is 23.2 Å². The van der Waals surface area contributed by atoms with Gasteiger partial charge in [0.25, 0.3) is 0 Å². The van der Waals surface area contributed by atoms with Crippen LogP contribution in [0.5, 0.6) is 0 Å². The van der Waals surface area contributed by atoms with Gasteiger partial charge in [0.2, 0.25) is 0 Å². The summed E-state index contributed by atoms with van der Waals surface area (Å²) in [6.07, 6.45) is 1.07. The van der Waals surface area contributed by atoms with Crippen LogP contribution in [0.1, 0.15) is 36.6 Å². The van der Waals surface area contributed by atoms with E-state index in [0.29, 0.717) is 0 Å². The topological polar surface area (TPSA) is 12.0 Å². The monoisotopic (exact) mass is 319 g/mol. The van der Waals surface area contributed by atoms with E-state index in [1.165, 1.54) is 11.1 Å².